The van der Waals surface area contributed by atoms with E-state index < -0.39 is 11.6 Å². The minimum atomic E-state index is -0.834. The fourth-order valence-electron chi connectivity index (χ4n) is 2.47. The van der Waals surface area contributed by atoms with Crippen LogP contribution in [-0.2, 0) is 4.79 Å². The summed E-state index contributed by atoms with van der Waals surface area (Å²) in [6, 6.07) is 3.95. The van der Waals surface area contributed by atoms with Gasteiger partial charge in [0.15, 0.2) is 11.6 Å². The molecule has 118 valence electrons. The average molecular weight is 306 g/mol. The lowest BCUT2D eigenvalue weighted by Crippen LogP contribution is -2.29. The second kappa shape index (κ2) is 7.73. The molecule has 0 aliphatic carbocycles. The zero-order valence-electron chi connectivity index (χ0n) is 12.6. The zero-order valence-corrected chi connectivity index (χ0v) is 12.6. The molecule has 0 bridgehead atoms. The number of rotatable bonds is 5. The highest BCUT2D eigenvalue weighted by atomic mass is 19.2. The summed E-state index contributed by atoms with van der Waals surface area (Å²) in [7, 11) is 0. The molecule has 1 aliphatic heterocycles. The summed E-state index contributed by atoms with van der Waals surface area (Å²) in [4.78, 5) is 13.6. The quantitative estimate of drug-likeness (QED) is 0.670. The predicted molar refractivity (Wildman–Crippen MR) is 83.6 cm³/mol. The van der Waals surface area contributed by atoms with Crippen LogP contribution in [0.25, 0.3) is 0 Å². The van der Waals surface area contributed by atoms with Gasteiger partial charge in [0, 0.05) is 37.5 Å². The normalized spacial score (nSPS) is 18.5. The van der Waals surface area contributed by atoms with E-state index in [0.717, 1.165) is 25.6 Å². The van der Waals surface area contributed by atoms with Crippen molar-refractivity contribution in [2.45, 2.75) is 13.3 Å². The maximum absolute atomic E-state index is 13.3. The second-order valence-electron chi connectivity index (χ2n) is 5.33. The summed E-state index contributed by atoms with van der Waals surface area (Å²) in [5.41, 5.74) is 0.681. The molecule has 1 aliphatic rings. The number of carbonyl (C=O) groups is 1. The third kappa shape index (κ3) is 4.41. The molecule has 0 aromatic heterocycles. The monoisotopic (exact) mass is 306 g/mol. The SMILES string of the molecule is C/C=C/C=C/C(=O)NC[C@H]1CCN(c2ccc(F)c(F)c2)C1. The van der Waals surface area contributed by atoms with Crippen molar-refractivity contribution in [3.05, 3.63) is 54.1 Å². The van der Waals surface area contributed by atoms with Gasteiger partial charge in [0.25, 0.3) is 0 Å². The van der Waals surface area contributed by atoms with Crippen LogP contribution in [-0.4, -0.2) is 25.5 Å². The molecular formula is C17H20F2N2O. The minimum absolute atomic E-state index is 0.121. The first kappa shape index (κ1) is 16.2. The first-order chi connectivity index (χ1) is 10.6. The van der Waals surface area contributed by atoms with E-state index in [1.54, 1.807) is 18.2 Å². The number of anilines is 1. The Balaban J connectivity index is 1.82. The maximum Gasteiger partial charge on any atom is 0.243 e. The van der Waals surface area contributed by atoms with Crippen LogP contribution in [0.15, 0.2) is 42.5 Å². The number of benzene rings is 1. The van der Waals surface area contributed by atoms with Gasteiger partial charge in [-0.2, -0.15) is 0 Å². The number of nitrogens with one attached hydrogen (secondary N) is 1. The lowest BCUT2D eigenvalue weighted by molar-refractivity contribution is -0.116. The van der Waals surface area contributed by atoms with E-state index in [1.165, 1.54) is 12.1 Å². The molecule has 1 fully saturated rings. The molecular weight excluding hydrogens is 286 g/mol. The molecule has 22 heavy (non-hydrogen) atoms. The van der Waals surface area contributed by atoms with Crippen molar-refractivity contribution in [3.8, 4) is 0 Å². The summed E-state index contributed by atoms with van der Waals surface area (Å²) in [5, 5.41) is 2.86. The third-order valence-corrected chi connectivity index (χ3v) is 3.67. The van der Waals surface area contributed by atoms with E-state index in [2.05, 4.69) is 5.32 Å². The van der Waals surface area contributed by atoms with Crippen LogP contribution in [0.2, 0.25) is 0 Å². The average Bonchev–Trinajstić information content (AvgIpc) is 2.97. The van der Waals surface area contributed by atoms with Gasteiger partial charge >= 0.3 is 0 Å². The molecule has 5 heteroatoms. The number of hydrogen-bond acceptors (Lipinski definition) is 2. The van der Waals surface area contributed by atoms with E-state index in [1.807, 2.05) is 17.9 Å². The molecule has 0 radical (unpaired) electrons. The zero-order chi connectivity index (χ0) is 15.9. The fourth-order valence-corrected chi connectivity index (χ4v) is 2.47. The van der Waals surface area contributed by atoms with Crippen LogP contribution in [0.1, 0.15) is 13.3 Å². The number of halogens is 2. The van der Waals surface area contributed by atoms with Crippen LogP contribution in [0.4, 0.5) is 14.5 Å². The highest BCUT2D eigenvalue weighted by Gasteiger charge is 2.23. The van der Waals surface area contributed by atoms with Crippen LogP contribution < -0.4 is 10.2 Å². The Bertz CT molecular complexity index is 584. The van der Waals surface area contributed by atoms with Crippen molar-refractivity contribution in [3.63, 3.8) is 0 Å². The van der Waals surface area contributed by atoms with E-state index in [9.17, 15) is 13.6 Å². The van der Waals surface area contributed by atoms with Crippen molar-refractivity contribution >= 4 is 11.6 Å². The number of allylic oxidation sites excluding steroid dienone is 3. The summed E-state index contributed by atoms with van der Waals surface area (Å²) in [6.07, 6.45) is 7.73. The Morgan fingerprint density at radius 3 is 2.91 bits per heavy atom. The predicted octanol–water partition coefficient (Wildman–Crippen LogP) is 3.04. The van der Waals surface area contributed by atoms with Gasteiger partial charge in [-0.1, -0.05) is 18.2 Å². The summed E-state index contributed by atoms with van der Waals surface area (Å²) < 4.78 is 26.2. The van der Waals surface area contributed by atoms with Gasteiger partial charge in [-0.3, -0.25) is 4.79 Å². The fraction of sp³-hybridized carbons (Fsp3) is 0.353. The molecule has 1 amide bonds. The molecule has 0 spiro atoms. The number of nitrogens with zero attached hydrogens (tertiary/aromatic N) is 1. The van der Waals surface area contributed by atoms with Crippen molar-refractivity contribution in [1.29, 1.82) is 0 Å². The van der Waals surface area contributed by atoms with Crippen LogP contribution >= 0.6 is 0 Å². The second-order valence-corrected chi connectivity index (χ2v) is 5.33. The summed E-state index contributed by atoms with van der Waals surface area (Å²) >= 11 is 0. The van der Waals surface area contributed by atoms with Gasteiger partial charge in [0.05, 0.1) is 0 Å². The molecule has 1 N–H and O–H groups in total. The van der Waals surface area contributed by atoms with Gasteiger partial charge in [-0.25, -0.2) is 8.78 Å². The van der Waals surface area contributed by atoms with Crippen molar-refractivity contribution in [2.75, 3.05) is 24.5 Å². The van der Waals surface area contributed by atoms with Crippen LogP contribution in [0.5, 0.6) is 0 Å². The Hall–Kier alpha value is -2.17. The van der Waals surface area contributed by atoms with Gasteiger partial charge in [0.1, 0.15) is 0 Å². The van der Waals surface area contributed by atoms with Crippen molar-refractivity contribution < 1.29 is 13.6 Å². The van der Waals surface area contributed by atoms with Crippen LogP contribution in [0, 0.1) is 17.6 Å². The lowest BCUT2D eigenvalue weighted by Gasteiger charge is -2.19. The Morgan fingerprint density at radius 1 is 1.36 bits per heavy atom. The molecule has 1 aromatic rings. The van der Waals surface area contributed by atoms with Gasteiger partial charge in [-0.05, 0) is 31.4 Å². The molecule has 3 nitrogen and oxygen atoms in total. The molecule has 1 aromatic carbocycles. The van der Waals surface area contributed by atoms with Crippen molar-refractivity contribution in [2.24, 2.45) is 5.92 Å². The lowest BCUT2D eigenvalue weighted by atomic mass is 10.1. The van der Waals surface area contributed by atoms with Gasteiger partial charge in [-0.15, -0.1) is 0 Å². The molecule has 0 unspecified atom stereocenters. The molecule has 2 rings (SSSR count). The molecule has 1 atom stereocenters. The summed E-state index contributed by atoms with van der Waals surface area (Å²) in [6.45, 7) is 3.97. The van der Waals surface area contributed by atoms with Crippen LogP contribution in [0.3, 0.4) is 0 Å². The first-order valence-corrected chi connectivity index (χ1v) is 7.37. The van der Waals surface area contributed by atoms with E-state index in [4.69, 9.17) is 0 Å². The first-order valence-electron chi connectivity index (χ1n) is 7.37. The highest BCUT2D eigenvalue weighted by molar-refractivity contribution is 5.87. The van der Waals surface area contributed by atoms with Gasteiger partial charge < -0.3 is 10.2 Å². The number of carbonyl (C=O) groups excluding carboxylic acids is 1. The topological polar surface area (TPSA) is 32.3 Å². The van der Waals surface area contributed by atoms with E-state index in [-0.39, 0.29) is 5.91 Å². The Labute approximate surface area is 129 Å². The van der Waals surface area contributed by atoms with Gasteiger partial charge in [0.2, 0.25) is 5.91 Å². The smallest absolute Gasteiger partial charge is 0.243 e. The number of hydrogen-bond donors (Lipinski definition) is 1. The highest BCUT2D eigenvalue weighted by Crippen LogP contribution is 2.24. The molecule has 0 saturated carbocycles. The molecule has 1 heterocycles. The third-order valence-electron chi connectivity index (χ3n) is 3.67. The van der Waals surface area contributed by atoms with E-state index >= 15 is 0 Å². The molecule has 1 saturated heterocycles. The Morgan fingerprint density at radius 2 is 2.18 bits per heavy atom. The Kier molecular flexibility index (Phi) is 5.69. The maximum atomic E-state index is 13.3. The summed E-state index contributed by atoms with van der Waals surface area (Å²) in [5.74, 6) is -1.47. The minimum Gasteiger partial charge on any atom is -0.371 e. The van der Waals surface area contributed by atoms with E-state index in [0.29, 0.717) is 18.2 Å². The largest absolute Gasteiger partial charge is 0.371 e. The van der Waals surface area contributed by atoms with Crippen molar-refractivity contribution in [1.82, 2.24) is 5.32 Å². The number of amides is 1. The standard InChI is InChI=1S/C17H20F2N2O/c1-2-3-4-5-17(22)20-11-13-8-9-21(12-13)14-6-7-15(18)16(19)10-14/h2-7,10,13H,8-9,11-12H2,1H3,(H,20,22)/b3-2+,5-4+/t13-/m1/s1.